The fourth-order valence-corrected chi connectivity index (χ4v) is 3.16. The summed E-state index contributed by atoms with van der Waals surface area (Å²) in [7, 11) is -2.44. The third-order valence-corrected chi connectivity index (χ3v) is 9.33. The number of hydrogen-bond donors (Lipinski definition) is 3. The van der Waals surface area contributed by atoms with Crippen LogP contribution in [0.2, 0.25) is 18.1 Å². The van der Waals surface area contributed by atoms with Crippen molar-refractivity contribution >= 4 is 25.4 Å². The van der Waals surface area contributed by atoms with Gasteiger partial charge in [-0.3, -0.25) is 14.3 Å². The van der Waals surface area contributed by atoms with E-state index in [0.29, 0.717) is 0 Å². The van der Waals surface area contributed by atoms with E-state index in [1.807, 2.05) is 33.9 Å². The van der Waals surface area contributed by atoms with Crippen LogP contribution in [0, 0.1) is 0 Å². The van der Waals surface area contributed by atoms with E-state index < -0.39 is 38.9 Å². The minimum atomic E-state index is -2.44. The van der Waals surface area contributed by atoms with Crippen LogP contribution < -0.4 is 11.3 Å². The van der Waals surface area contributed by atoms with Gasteiger partial charge in [0.2, 0.25) is 5.95 Å². The maximum atomic E-state index is 11.9. The Hall–Kier alpha value is -1.75. The van der Waals surface area contributed by atoms with Crippen molar-refractivity contribution in [1.82, 2.24) is 19.5 Å². The third kappa shape index (κ3) is 3.41. The molecule has 1 aliphatic heterocycles. The number of aromatic nitrogens is 4. The number of rotatable bonds is 4. The molecule has 3 heterocycles. The van der Waals surface area contributed by atoms with Crippen LogP contribution in [0.5, 0.6) is 0 Å². The van der Waals surface area contributed by atoms with Gasteiger partial charge in [-0.1, -0.05) is 20.8 Å². The summed E-state index contributed by atoms with van der Waals surface area (Å²) in [6.07, 6.45) is -1.57. The molecule has 1 saturated heterocycles. The minimum absolute atomic E-state index is 0.0639. The van der Waals surface area contributed by atoms with Gasteiger partial charge in [-0.05, 0) is 18.1 Å². The van der Waals surface area contributed by atoms with Crippen LogP contribution in [0.4, 0.5) is 5.95 Å². The second kappa shape index (κ2) is 6.45. The average Bonchev–Trinajstić information content (AvgIpc) is 3.08. The number of nitrogens with one attached hydrogen (secondary N) is 1. The van der Waals surface area contributed by atoms with Gasteiger partial charge in [-0.15, -0.1) is 0 Å². The monoisotopic (exact) mass is 383 g/mol. The Morgan fingerprint density at radius 1 is 1.58 bits per heavy atom. The smallest absolute Gasteiger partial charge is 0.280 e. The molecule has 3 atom stereocenters. The largest absolute Gasteiger partial charge is 0.414 e. The van der Waals surface area contributed by atoms with E-state index in [-0.39, 0.29) is 28.6 Å². The average molecular weight is 384 g/mol. The summed E-state index contributed by atoms with van der Waals surface area (Å²) >= 11 is 0. The number of anilines is 1. The van der Waals surface area contributed by atoms with Crippen LogP contribution in [0.15, 0.2) is 11.1 Å². The number of nitrogen functional groups attached to an aromatic ring is 1. The molecular formula is C16H27N5O4Si. The third-order valence-electron chi connectivity index (χ3n) is 5.09. The maximum Gasteiger partial charge on any atom is 0.280 e. The normalized spacial score (nSPS) is 26.2. The maximum absolute atomic E-state index is 11.9. The van der Waals surface area contributed by atoms with Crippen molar-refractivity contribution in [3.05, 3.63) is 16.7 Å². The standard InChI is InChI=1S/C16H27N5O4Si/c1-16(2,3)26(4,5)24-7-10-9(22)6-11(25-10)21-8-18-12-13(21)19-15(17)20-14(12)23/h8-11,22H,6-7H2,1-5H3,(H3,17,19,20,23)/t9-,10+,11+/m0/s1/i7D2. The highest BCUT2D eigenvalue weighted by molar-refractivity contribution is 6.74. The van der Waals surface area contributed by atoms with Crippen molar-refractivity contribution in [3.8, 4) is 0 Å². The van der Waals surface area contributed by atoms with Gasteiger partial charge in [-0.2, -0.15) is 4.98 Å². The number of aliphatic hydroxyl groups is 1. The van der Waals surface area contributed by atoms with Crippen LogP contribution in [-0.4, -0.2) is 51.7 Å². The Kier molecular flexibility index (Phi) is 4.07. The SMILES string of the molecule is [2H]C([2H])(O[Si](C)(C)C(C)(C)C)[C@H]1O[C@@H](n2cnc3c(=O)[nH]c(N)nc32)C[C@@H]1O. The Morgan fingerprint density at radius 3 is 2.92 bits per heavy atom. The summed E-state index contributed by atoms with van der Waals surface area (Å²) in [4.78, 5) is 22.4. The van der Waals surface area contributed by atoms with Crippen molar-refractivity contribution in [2.24, 2.45) is 0 Å². The molecule has 0 aromatic carbocycles. The van der Waals surface area contributed by atoms with E-state index in [1.165, 1.54) is 10.9 Å². The summed E-state index contributed by atoms with van der Waals surface area (Å²) in [5.41, 5.74) is 5.44. The molecule has 1 aliphatic rings. The van der Waals surface area contributed by atoms with Gasteiger partial charge in [0.1, 0.15) is 12.3 Å². The molecule has 0 bridgehead atoms. The van der Waals surface area contributed by atoms with Crippen molar-refractivity contribution in [1.29, 1.82) is 0 Å². The van der Waals surface area contributed by atoms with Crippen LogP contribution in [0.25, 0.3) is 11.2 Å². The lowest BCUT2D eigenvalue weighted by Gasteiger charge is -2.37. The number of ether oxygens (including phenoxy) is 1. The van der Waals surface area contributed by atoms with Gasteiger partial charge >= 0.3 is 0 Å². The molecule has 10 heteroatoms. The molecule has 3 rings (SSSR count). The molecule has 4 N–H and O–H groups in total. The first-order valence-corrected chi connectivity index (χ1v) is 11.4. The first-order chi connectivity index (χ1) is 12.7. The van der Waals surface area contributed by atoms with Crippen LogP contribution >= 0.6 is 0 Å². The molecule has 0 unspecified atom stereocenters. The topological polar surface area (TPSA) is 128 Å². The van der Waals surface area contributed by atoms with Gasteiger partial charge in [0.25, 0.3) is 5.56 Å². The van der Waals surface area contributed by atoms with E-state index in [4.69, 9.17) is 17.6 Å². The second-order valence-electron chi connectivity index (χ2n) is 8.07. The number of nitrogens with zero attached hydrogens (tertiary/aromatic N) is 3. The summed E-state index contributed by atoms with van der Waals surface area (Å²) in [5, 5.41) is 10.3. The van der Waals surface area contributed by atoms with Crippen LogP contribution in [0.1, 0.15) is 36.2 Å². The van der Waals surface area contributed by atoms with E-state index >= 15 is 0 Å². The lowest BCUT2D eigenvalue weighted by molar-refractivity contribution is -0.0405. The minimum Gasteiger partial charge on any atom is -0.414 e. The highest BCUT2D eigenvalue weighted by atomic mass is 28.4. The van der Waals surface area contributed by atoms with E-state index in [0.717, 1.165) is 0 Å². The molecule has 0 radical (unpaired) electrons. The Bertz CT molecular complexity index is 939. The van der Waals surface area contributed by atoms with Crippen molar-refractivity contribution in [2.45, 2.75) is 63.8 Å². The Labute approximate surface area is 155 Å². The molecule has 2 aromatic rings. The highest BCUT2D eigenvalue weighted by Crippen LogP contribution is 2.38. The van der Waals surface area contributed by atoms with Crippen molar-refractivity contribution < 1.29 is 17.0 Å². The zero-order valence-corrected chi connectivity index (χ0v) is 16.6. The van der Waals surface area contributed by atoms with Crippen molar-refractivity contribution in [3.63, 3.8) is 0 Å². The first kappa shape index (κ1) is 16.4. The first-order valence-electron chi connectivity index (χ1n) is 9.49. The number of fused-ring (bicyclic) bond motifs is 1. The zero-order chi connectivity index (χ0) is 21.1. The molecule has 1 fully saturated rings. The summed E-state index contributed by atoms with van der Waals surface area (Å²) in [6, 6.07) is 0. The summed E-state index contributed by atoms with van der Waals surface area (Å²) in [5.74, 6) is -0.0639. The fraction of sp³-hybridized carbons (Fsp3) is 0.688. The molecule has 144 valence electrons. The Morgan fingerprint density at radius 2 is 2.27 bits per heavy atom. The predicted molar refractivity (Wildman–Crippen MR) is 100 cm³/mol. The molecular weight excluding hydrogens is 354 g/mol. The lowest BCUT2D eigenvalue weighted by Crippen LogP contribution is -2.43. The van der Waals surface area contributed by atoms with E-state index in [2.05, 4.69) is 15.0 Å². The van der Waals surface area contributed by atoms with Crippen LogP contribution in [0.3, 0.4) is 0 Å². The van der Waals surface area contributed by atoms with E-state index in [1.54, 1.807) is 0 Å². The number of H-pyrrole nitrogens is 1. The van der Waals surface area contributed by atoms with Crippen LogP contribution in [-0.2, 0) is 9.16 Å². The number of aliphatic hydroxyl groups excluding tert-OH is 1. The van der Waals surface area contributed by atoms with Crippen molar-refractivity contribution in [2.75, 3.05) is 12.3 Å². The van der Waals surface area contributed by atoms with Gasteiger partial charge < -0.3 is 20.0 Å². The second-order valence-corrected chi connectivity index (χ2v) is 12.8. The predicted octanol–water partition coefficient (Wildman–Crippen LogP) is 1.37. The number of aromatic amines is 1. The van der Waals surface area contributed by atoms with Gasteiger partial charge in [-0.25, -0.2) is 4.98 Å². The molecule has 0 amide bonds. The number of nitrogens with two attached hydrogens (primary N) is 1. The van der Waals surface area contributed by atoms with Gasteiger partial charge in [0, 0.05) is 6.42 Å². The summed E-state index contributed by atoms with van der Waals surface area (Å²) in [6.45, 7) is 7.72. The highest BCUT2D eigenvalue weighted by Gasteiger charge is 2.41. The number of hydrogen-bond acceptors (Lipinski definition) is 7. The molecule has 2 aromatic heterocycles. The quantitative estimate of drug-likeness (QED) is 0.680. The van der Waals surface area contributed by atoms with Gasteiger partial charge in [0.05, 0.1) is 21.7 Å². The summed E-state index contributed by atoms with van der Waals surface area (Å²) < 4.78 is 30.0. The molecule has 0 spiro atoms. The molecule has 26 heavy (non-hydrogen) atoms. The Balaban J connectivity index is 1.88. The zero-order valence-electron chi connectivity index (χ0n) is 17.6. The molecule has 9 nitrogen and oxygen atoms in total. The van der Waals surface area contributed by atoms with Gasteiger partial charge in [0.15, 0.2) is 19.5 Å². The molecule has 0 aliphatic carbocycles. The number of imidazole rings is 1. The molecule has 0 saturated carbocycles. The van der Waals surface area contributed by atoms with E-state index in [9.17, 15) is 9.90 Å². The fourth-order valence-electron chi connectivity index (χ4n) is 2.44. The lowest BCUT2D eigenvalue weighted by atomic mass is 10.2.